The van der Waals surface area contributed by atoms with E-state index in [9.17, 15) is 0 Å². The molecule has 0 spiro atoms. The van der Waals surface area contributed by atoms with Crippen molar-refractivity contribution in [2.75, 3.05) is 7.11 Å². The van der Waals surface area contributed by atoms with Crippen molar-refractivity contribution in [3.05, 3.63) is 67.0 Å². The van der Waals surface area contributed by atoms with Crippen LogP contribution >= 0.6 is 0 Å². The molecule has 0 atom stereocenters. The van der Waals surface area contributed by atoms with Gasteiger partial charge in [-0.05, 0) is 36.2 Å². The minimum atomic E-state index is 0.807. The molecule has 1 N–H and O–H groups in total. The molecule has 27 heavy (non-hydrogen) atoms. The molecule has 4 heterocycles. The van der Waals surface area contributed by atoms with Gasteiger partial charge in [0.15, 0.2) is 5.65 Å². The number of aromatic amines is 1. The number of aryl methyl sites for hydroxylation is 2. The number of H-pyrrole nitrogens is 1. The molecule has 0 amide bonds. The van der Waals surface area contributed by atoms with Crippen LogP contribution in [0.1, 0.15) is 5.56 Å². The van der Waals surface area contributed by atoms with Crippen LogP contribution < -0.4 is 4.74 Å². The third-order valence-electron chi connectivity index (χ3n) is 4.83. The number of imidazole rings is 1. The summed E-state index contributed by atoms with van der Waals surface area (Å²) in [6.45, 7) is 0.809. The van der Waals surface area contributed by atoms with E-state index in [2.05, 4.69) is 36.9 Å². The summed E-state index contributed by atoms with van der Waals surface area (Å²) >= 11 is 0. The van der Waals surface area contributed by atoms with Gasteiger partial charge in [0.1, 0.15) is 11.6 Å². The smallest absolute Gasteiger partial charge is 0.165 e. The molecule has 0 saturated carbocycles. The Morgan fingerprint density at radius 1 is 1.15 bits per heavy atom. The molecular formula is C20H18N6O. The Balaban J connectivity index is 1.46. The van der Waals surface area contributed by atoms with Gasteiger partial charge in [0.05, 0.1) is 18.9 Å². The monoisotopic (exact) mass is 358 g/mol. The first kappa shape index (κ1) is 15.6. The van der Waals surface area contributed by atoms with E-state index in [0.29, 0.717) is 0 Å². The van der Waals surface area contributed by atoms with Crippen LogP contribution in [0.2, 0.25) is 0 Å². The molecule has 0 radical (unpaired) electrons. The molecule has 134 valence electrons. The summed E-state index contributed by atoms with van der Waals surface area (Å²) < 4.78 is 9.27. The zero-order chi connectivity index (χ0) is 18.2. The normalized spacial score (nSPS) is 11.4. The first-order valence-electron chi connectivity index (χ1n) is 8.77. The molecule has 0 bridgehead atoms. The van der Waals surface area contributed by atoms with Crippen LogP contribution in [0.25, 0.3) is 27.9 Å². The molecule has 5 rings (SSSR count). The van der Waals surface area contributed by atoms with Crippen molar-refractivity contribution < 1.29 is 4.74 Å². The molecule has 0 saturated heterocycles. The second-order valence-electron chi connectivity index (χ2n) is 6.37. The molecule has 0 unspecified atom stereocenters. The number of hydrogen-bond acceptors (Lipinski definition) is 4. The molecule has 0 aliphatic heterocycles. The molecule has 4 aromatic heterocycles. The molecule has 0 fully saturated rings. The lowest BCUT2D eigenvalue weighted by Crippen LogP contribution is -2.02. The molecule has 7 heteroatoms. The number of ether oxygens (including phenoxy) is 1. The quantitative estimate of drug-likeness (QED) is 0.523. The van der Waals surface area contributed by atoms with Crippen LogP contribution in [0.5, 0.6) is 5.75 Å². The van der Waals surface area contributed by atoms with Crippen molar-refractivity contribution in [3.63, 3.8) is 0 Å². The Labute approximate surface area is 155 Å². The molecule has 0 aliphatic carbocycles. The van der Waals surface area contributed by atoms with Crippen molar-refractivity contribution in [1.29, 1.82) is 0 Å². The summed E-state index contributed by atoms with van der Waals surface area (Å²) in [5.74, 6) is 1.74. The van der Waals surface area contributed by atoms with Crippen LogP contribution in [0.4, 0.5) is 0 Å². The topological polar surface area (TPSA) is 73.0 Å². The molecule has 0 aliphatic rings. The van der Waals surface area contributed by atoms with E-state index in [1.807, 2.05) is 43.0 Å². The van der Waals surface area contributed by atoms with Crippen LogP contribution in [0.3, 0.4) is 0 Å². The van der Waals surface area contributed by atoms with E-state index in [4.69, 9.17) is 4.74 Å². The van der Waals surface area contributed by atoms with Gasteiger partial charge in [-0.15, -0.1) is 0 Å². The van der Waals surface area contributed by atoms with Gasteiger partial charge in [-0.2, -0.15) is 5.10 Å². The minimum Gasteiger partial charge on any atom is -0.497 e. The van der Waals surface area contributed by atoms with E-state index in [-0.39, 0.29) is 0 Å². The van der Waals surface area contributed by atoms with Gasteiger partial charge in [0.2, 0.25) is 0 Å². The summed E-state index contributed by atoms with van der Waals surface area (Å²) in [6, 6.07) is 7.95. The molecule has 5 aromatic rings. The SMILES string of the molecule is COc1ccc2[nH]cc(CCn3ccnc3-c3cnn4cccnc34)c2c1. The Bertz CT molecular complexity index is 1230. The first-order chi connectivity index (χ1) is 13.3. The fourth-order valence-corrected chi connectivity index (χ4v) is 3.45. The summed E-state index contributed by atoms with van der Waals surface area (Å²) in [4.78, 5) is 12.3. The number of benzene rings is 1. The van der Waals surface area contributed by atoms with E-state index in [1.54, 1.807) is 17.8 Å². The van der Waals surface area contributed by atoms with E-state index in [0.717, 1.165) is 41.3 Å². The lowest BCUT2D eigenvalue weighted by molar-refractivity contribution is 0.415. The van der Waals surface area contributed by atoms with Crippen LogP contribution in [0, 0.1) is 0 Å². The molecule has 7 nitrogen and oxygen atoms in total. The van der Waals surface area contributed by atoms with Crippen LogP contribution in [-0.2, 0) is 13.0 Å². The lowest BCUT2D eigenvalue weighted by atomic mass is 10.1. The number of hydrogen-bond donors (Lipinski definition) is 1. The van der Waals surface area contributed by atoms with Gasteiger partial charge >= 0.3 is 0 Å². The number of nitrogens with one attached hydrogen (secondary N) is 1. The predicted molar refractivity (Wildman–Crippen MR) is 103 cm³/mol. The van der Waals surface area contributed by atoms with E-state index < -0.39 is 0 Å². The van der Waals surface area contributed by atoms with Crippen molar-refractivity contribution in [2.45, 2.75) is 13.0 Å². The lowest BCUT2D eigenvalue weighted by Gasteiger charge is -2.07. The highest BCUT2D eigenvalue weighted by atomic mass is 16.5. The van der Waals surface area contributed by atoms with Crippen LogP contribution in [0.15, 0.2) is 61.4 Å². The van der Waals surface area contributed by atoms with Crippen LogP contribution in [-0.4, -0.2) is 36.2 Å². The predicted octanol–water partition coefficient (Wildman–Crippen LogP) is 3.33. The molecular weight excluding hydrogens is 340 g/mol. The fraction of sp³-hybridized carbons (Fsp3) is 0.150. The zero-order valence-corrected chi connectivity index (χ0v) is 14.8. The van der Waals surface area contributed by atoms with Gasteiger partial charge in [-0.25, -0.2) is 14.5 Å². The number of fused-ring (bicyclic) bond motifs is 2. The third kappa shape index (κ3) is 2.64. The first-order valence-corrected chi connectivity index (χ1v) is 8.77. The maximum Gasteiger partial charge on any atom is 0.165 e. The average Bonchev–Trinajstić information content (AvgIpc) is 3.43. The molecule has 1 aromatic carbocycles. The number of rotatable bonds is 5. The van der Waals surface area contributed by atoms with Gasteiger partial charge in [0.25, 0.3) is 0 Å². The summed E-state index contributed by atoms with van der Waals surface area (Å²) in [7, 11) is 1.69. The van der Waals surface area contributed by atoms with Gasteiger partial charge < -0.3 is 14.3 Å². The highest BCUT2D eigenvalue weighted by Crippen LogP contribution is 2.25. The standard InChI is InChI=1S/C20H18N6O/c1-27-15-3-4-18-16(11-15)14(12-23-18)5-9-25-10-7-22-19(25)17-13-24-26-8-2-6-21-20(17)26/h2-4,6-8,10-13,23H,5,9H2,1H3. The van der Waals surface area contributed by atoms with Crippen molar-refractivity contribution in [3.8, 4) is 17.1 Å². The second kappa shape index (κ2) is 6.28. The Morgan fingerprint density at radius 2 is 2.11 bits per heavy atom. The highest BCUT2D eigenvalue weighted by molar-refractivity contribution is 5.84. The number of aromatic nitrogens is 6. The van der Waals surface area contributed by atoms with Crippen molar-refractivity contribution in [1.82, 2.24) is 29.1 Å². The van der Waals surface area contributed by atoms with Gasteiger partial charge in [-0.3, -0.25) is 0 Å². The maximum absolute atomic E-state index is 5.36. The number of methoxy groups -OCH3 is 1. The largest absolute Gasteiger partial charge is 0.497 e. The van der Waals surface area contributed by atoms with Crippen molar-refractivity contribution in [2.24, 2.45) is 0 Å². The Kier molecular flexibility index (Phi) is 3.64. The Morgan fingerprint density at radius 3 is 3.04 bits per heavy atom. The van der Waals surface area contributed by atoms with Crippen molar-refractivity contribution >= 4 is 16.6 Å². The zero-order valence-electron chi connectivity index (χ0n) is 14.8. The third-order valence-corrected chi connectivity index (χ3v) is 4.83. The summed E-state index contributed by atoms with van der Waals surface area (Å²) in [5, 5.41) is 5.56. The van der Waals surface area contributed by atoms with E-state index >= 15 is 0 Å². The van der Waals surface area contributed by atoms with Gasteiger partial charge in [-0.1, -0.05) is 0 Å². The minimum absolute atomic E-state index is 0.807. The highest BCUT2D eigenvalue weighted by Gasteiger charge is 2.13. The fourth-order valence-electron chi connectivity index (χ4n) is 3.45. The number of nitrogens with zero attached hydrogens (tertiary/aromatic N) is 5. The Hall–Kier alpha value is -3.61. The average molecular weight is 358 g/mol. The van der Waals surface area contributed by atoms with Gasteiger partial charge in [0, 0.05) is 48.4 Å². The summed E-state index contributed by atoms with van der Waals surface area (Å²) in [6.07, 6.45) is 12.2. The maximum atomic E-state index is 5.36. The second-order valence-corrected chi connectivity index (χ2v) is 6.37. The summed E-state index contributed by atoms with van der Waals surface area (Å²) in [5.41, 5.74) is 4.10. The van der Waals surface area contributed by atoms with E-state index in [1.165, 1.54) is 10.9 Å².